The Hall–Kier alpha value is -2.08. The average Bonchev–Trinajstić information content (AvgIpc) is 2.80. The molecule has 1 heterocycles. The molecule has 22 heavy (non-hydrogen) atoms. The Morgan fingerprint density at radius 3 is 2.77 bits per heavy atom. The van der Waals surface area contributed by atoms with E-state index in [-0.39, 0.29) is 30.9 Å². The molecule has 1 aromatic carbocycles. The van der Waals surface area contributed by atoms with Gasteiger partial charge in [-0.1, -0.05) is 6.07 Å². The van der Waals surface area contributed by atoms with Crippen LogP contribution in [0.2, 0.25) is 0 Å². The van der Waals surface area contributed by atoms with Crippen LogP contribution >= 0.6 is 0 Å². The number of hydrogen-bond donors (Lipinski definition) is 3. The fourth-order valence-electron chi connectivity index (χ4n) is 2.42. The fraction of sp³-hybridized carbons (Fsp3) is 0.500. The topological polar surface area (TPSA) is 81.7 Å². The summed E-state index contributed by atoms with van der Waals surface area (Å²) in [4.78, 5) is 25.5. The van der Waals surface area contributed by atoms with Crippen LogP contribution in [0.5, 0.6) is 0 Å². The molecule has 6 heteroatoms. The molecule has 120 valence electrons. The molecular weight excluding hydrogens is 282 g/mol. The van der Waals surface area contributed by atoms with E-state index in [9.17, 15) is 9.59 Å². The van der Waals surface area contributed by atoms with Gasteiger partial charge in [-0.15, -0.1) is 0 Å². The maximum atomic E-state index is 12.1. The van der Waals surface area contributed by atoms with Gasteiger partial charge in [0, 0.05) is 25.2 Å². The SMILES string of the molecule is Cc1ccc(N2C[C@@H](NC(=O)NC[C@@H](C)O)CC2=O)cc1C. The van der Waals surface area contributed by atoms with Crippen LogP contribution in [0.1, 0.15) is 24.5 Å². The monoisotopic (exact) mass is 305 g/mol. The van der Waals surface area contributed by atoms with Crippen molar-refractivity contribution in [3.63, 3.8) is 0 Å². The van der Waals surface area contributed by atoms with Crippen LogP contribution in [0.15, 0.2) is 18.2 Å². The highest BCUT2D eigenvalue weighted by Gasteiger charge is 2.31. The van der Waals surface area contributed by atoms with Crippen LogP contribution in [0, 0.1) is 13.8 Å². The van der Waals surface area contributed by atoms with E-state index in [0.717, 1.165) is 11.3 Å². The first kappa shape index (κ1) is 16.3. The summed E-state index contributed by atoms with van der Waals surface area (Å²) >= 11 is 0. The van der Waals surface area contributed by atoms with Gasteiger partial charge in [-0.25, -0.2) is 4.79 Å². The Morgan fingerprint density at radius 1 is 1.41 bits per heavy atom. The molecule has 0 spiro atoms. The predicted molar refractivity (Wildman–Crippen MR) is 84.9 cm³/mol. The highest BCUT2D eigenvalue weighted by atomic mass is 16.3. The Balaban J connectivity index is 1.95. The highest BCUT2D eigenvalue weighted by molar-refractivity contribution is 5.96. The fourth-order valence-corrected chi connectivity index (χ4v) is 2.42. The Kier molecular flexibility index (Phi) is 5.03. The molecule has 0 radical (unpaired) electrons. The minimum atomic E-state index is -0.594. The Bertz CT molecular complexity index is 572. The summed E-state index contributed by atoms with van der Waals surface area (Å²) in [7, 11) is 0. The molecule has 1 aromatic rings. The standard InChI is InChI=1S/C16H23N3O3/c1-10-4-5-14(6-11(10)2)19-9-13(7-15(19)21)18-16(22)17-8-12(3)20/h4-6,12-13,20H,7-9H2,1-3H3,(H2,17,18,22)/t12-,13+/m1/s1. The van der Waals surface area contributed by atoms with E-state index in [0.29, 0.717) is 6.54 Å². The molecular formula is C16H23N3O3. The molecule has 2 atom stereocenters. The zero-order valence-electron chi connectivity index (χ0n) is 13.2. The van der Waals surface area contributed by atoms with Crippen LogP contribution < -0.4 is 15.5 Å². The summed E-state index contributed by atoms with van der Waals surface area (Å²) in [5, 5.41) is 14.5. The molecule has 0 saturated carbocycles. The minimum absolute atomic E-state index is 0.00378. The van der Waals surface area contributed by atoms with Gasteiger partial charge in [-0.3, -0.25) is 4.79 Å². The molecule has 1 aliphatic heterocycles. The predicted octanol–water partition coefficient (Wildman–Crippen LogP) is 1.09. The largest absolute Gasteiger partial charge is 0.392 e. The van der Waals surface area contributed by atoms with E-state index < -0.39 is 6.10 Å². The molecule has 1 aliphatic rings. The number of anilines is 1. The number of aryl methyl sites for hydroxylation is 2. The quantitative estimate of drug-likeness (QED) is 0.779. The number of carbonyl (C=O) groups excluding carboxylic acids is 2. The second-order valence-electron chi connectivity index (χ2n) is 5.88. The lowest BCUT2D eigenvalue weighted by molar-refractivity contribution is -0.117. The smallest absolute Gasteiger partial charge is 0.315 e. The minimum Gasteiger partial charge on any atom is -0.392 e. The van der Waals surface area contributed by atoms with Crippen molar-refractivity contribution < 1.29 is 14.7 Å². The first-order valence-corrected chi connectivity index (χ1v) is 7.47. The lowest BCUT2D eigenvalue weighted by atomic mass is 10.1. The van der Waals surface area contributed by atoms with Crippen LogP contribution in [0.25, 0.3) is 0 Å². The average molecular weight is 305 g/mol. The normalized spacial score (nSPS) is 19.2. The number of nitrogens with one attached hydrogen (secondary N) is 2. The summed E-state index contributed by atoms with van der Waals surface area (Å²) < 4.78 is 0. The van der Waals surface area contributed by atoms with E-state index in [2.05, 4.69) is 10.6 Å². The molecule has 0 aromatic heterocycles. The molecule has 0 unspecified atom stereocenters. The van der Waals surface area contributed by atoms with E-state index in [1.54, 1.807) is 11.8 Å². The van der Waals surface area contributed by atoms with Crippen molar-refractivity contribution in [3.05, 3.63) is 29.3 Å². The summed E-state index contributed by atoms with van der Waals surface area (Å²) in [6.07, 6.45) is -0.308. The summed E-state index contributed by atoms with van der Waals surface area (Å²) in [6.45, 7) is 6.29. The van der Waals surface area contributed by atoms with Crippen molar-refractivity contribution in [2.24, 2.45) is 0 Å². The van der Waals surface area contributed by atoms with Crippen molar-refractivity contribution in [3.8, 4) is 0 Å². The molecule has 0 bridgehead atoms. The van der Waals surface area contributed by atoms with Crippen molar-refractivity contribution in [1.29, 1.82) is 0 Å². The van der Waals surface area contributed by atoms with Crippen molar-refractivity contribution >= 4 is 17.6 Å². The molecule has 1 fully saturated rings. The second kappa shape index (κ2) is 6.79. The number of rotatable bonds is 4. The second-order valence-corrected chi connectivity index (χ2v) is 5.88. The molecule has 3 N–H and O–H groups in total. The van der Waals surface area contributed by atoms with Crippen LogP contribution in [-0.2, 0) is 4.79 Å². The third-order valence-electron chi connectivity index (χ3n) is 3.82. The van der Waals surface area contributed by atoms with Gasteiger partial charge in [0.15, 0.2) is 0 Å². The summed E-state index contributed by atoms with van der Waals surface area (Å²) in [5.41, 5.74) is 3.18. The van der Waals surface area contributed by atoms with Gasteiger partial charge < -0.3 is 20.6 Å². The molecule has 2 rings (SSSR count). The maximum absolute atomic E-state index is 12.1. The molecule has 0 aliphatic carbocycles. The number of carbonyl (C=O) groups is 2. The molecule has 3 amide bonds. The Morgan fingerprint density at radius 2 is 2.14 bits per heavy atom. The molecule has 1 saturated heterocycles. The number of aliphatic hydroxyl groups excluding tert-OH is 1. The first-order chi connectivity index (χ1) is 10.4. The number of amides is 3. The van der Waals surface area contributed by atoms with Crippen molar-refractivity contribution in [1.82, 2.24) is 10.6 Å². The first-order valence-electron chi connectivity index (χ1n) is 7.47. The van der Waals surface area contributed by atoms with E-state index >= 15 is 0 Å². The third-order valence-corrected chi connectivity index (χ3v) is 3.82. The van der Waals surface area contributed by atoms with Gasteiger partial charge >= 0.3 is 6.03 Å². The number of aliphatic hydroxyl groups is 1. The van der Waals surface area contributed by atoms with Crippen molar-refractivity contribution in [2.45, 2.75) is 39.3 Å². The van der Waals surface area contributed by atoms with E-state index in [1.807, 2.05) is 32.0 Å². The zero-order chi connectivity index (χ0) is 16.3. The van der Waals surface area contributed by atoms with Gasteiger partial charge in [0.05, 0.1) is 12.1 Å². The maximum Gasteiger partial charge on any atom is 0.315 e. The summed E-state index contributed by atoms with van der Waals surface area (Å²) in [6, 6.07) is 5.33. The van der Waals surface area contributed by atoms with Crippen LogP contribution in [0.4, 0.5) is 10.5 Å². The highest BCUT2D eigenvalue weighted by Crippen LogP contribution is 2.23. The zero-order valence-corrected chi connectivity index (χ0v) is 13.2. The lowest BCUT2D eigenvalue weighted by Gasteiger charge is -2.18. The van der Waals surface area contributed by atoms with E-state index in [4.69, 9.17) is 5.11 Å². The van der Waals surface area contributed by atoms with E-state index in [1.165, 1.54) is 5.56 Å². The van der Waals surface area contributed by atoms with Gasteiger partial charge in [-0.2, -0.15) is 0 Å². The molecule has 6 nitrogen and oxygen atoms in total. The number of urea groups is 1. The number of benzene rings is 1. The number of hydrogen-bond acceptors (Lipinski definition) is 3. The van der Waals surface area contributed by atoms with Crippen LogP contribution in [0.3, 0.4) is 0 Å². The van der Waals surface area contributed by atoms with Gasteiger partial charge in [0.25, 0.3) is 0 Å². The number of nitrogens with zero attached hydrogens (tertiary/aromatic N) is 1. The van der Waals surface area contributed by atoms with Crippen LogP contribution in [-0.4, -0.2) is 42.3 Å². The van der Waals surface area contributed by atoms with Gasteiger partial charge in [0.2, 0.25) is 5.91 Å². The summed E-state index contributed by atoms with van der Waals surface area (Å²) in [5.74, 6) is 0.00378. The van der Waals surface area contributed by atoms with Crippen molar-refractivity contribution in [2.75, 3.05) is 18.0 Å². The van der Waals surface area contributed by atoms with Gasteiger partial charge in [-0.05, 0) is 44.0 Å². The third kappa shape index (κ3) is 3.98. The lowest BCUT2D eigenvalue weighted by Crippen LogP contribution is -2.45. The Labute approximate surface area is 130 Å². The van der Waals surface area contributed by atoms with Gasteiger partial charge in [0.1, 0.15) is 0 Å².